The van der Waals surface area contributed by atoms with Gasteiger partial charge in [0.25, 0.3) is 0 Å². The average molecular weight is 204 g/mol. The van der Waals surface area contributed by atoms with Crippen LogP contribution < -0.4 is 0 Å². The predicted octanol–water partition coefficient (Wildman–Crippen LogP) is 1.57. The van der Waals surface area contributed by atoms with Crippen molar-refractivity contribution in [2.24, 2.45) is 0 Å². The largest absolute Gasteiger partial charge is 0.467 e. The summed E-state index contributed by atoms with van der Waals surface area (Å²) in [6.45, 7) is 8.49. The second kappa shape index (κ2) is 5.39. The molecule has 78 valence electrons. The fourth-order valence-electron chi connectivity index (χ4n) is 0.656. The van der Waals surface area contributed by atoms with Gasteiger partial charge in [0, 0.05) is 13.0 Å². The Bertz CT molecular complexity index is 163. The highest BCUT2D eigenvalue weighted by Gasteiger charge is 2.25. The van der Waals surface area contributed by atoms with Gasteiger partial charge in [-0.3, -0.25) is 4.79 Å². The summed E-state index contributed by atoms with van der Waals surface area (Å²) in [5.74, 6) is -0.191. The molecule has 0 aromatic rings. The van der Waals surface area contributed by atoms with Crippen molar-refractivity contribution >= 4 is 14.0 Å². The highest BCUT2D eigenvalue weighted by atomic mass is 28.3. The van der Waals surface area contributed by atoms with Crippen LogP contribution in [0.25, 0.3) is 0 Å². The minimum absolute atomic E-state index is 0.0520. The summed E-state index contributed by atoms with van der Waals surface area (Å²) in [4.78, 5) is 11.1. The maximum absolute atomic E-state index is 11.1. The third-order valence-corrected chi connectivity index (χ3v) is 4.62. The van der Waals surface area contributed by atoms with Crippen LogP contribution in [-0.4, -0.2) is 31.5 Å². The molecule has 0 saturated heterocycles. The lowest BCUT2D eigenvalue weighted by Gasteiger charge is -2.24. The molecule has 0 rings (SSSR count). The van der Waals surface area contributed by atoms with Gasteiger partial charge in [-0.1, -0.05) is 19.6 Å². The van der Waals surface area contributed by atoms with Gasteiger partial charge >= 0.3 is 5.97 Å². The molecular formula is C9H20O3Si. The second-order valence-corrected chi connectivity index (χ2v) is 9.87. The van der Waals surface area contributed by atoms with Crippen LogP contribution in [-0.2, 0) is 9.53 Å². The Kier molecular flexibility index (Phi) is 5.25. The van der Waals surface area contributed by atoms with Gasteiger partial charge in [-0.2, -0.15) is 0 Å². The molecule has 1 atom stereocenters. The number of aliphatic hydroxyl groups is 1. The van der Waals surface area contributed by atoms with Crippen LogP contribution >= 0.6 is 0 Å². The summed E-state index contributed by atoms with van der Waals surface area (Å²) < 4.78 is 5.23. The molecule has 0 aliphatic heterocycles. The number of hydrogen-bond acceptors (Lipinski definition) is 3. The standard InChI is InChI=1S/C9H20O3Si/c1-8(13(2,3)4)12-9(11)6-5-7-10/h8,10H,5-7H2,1-4H3. The van der Waals surface area contributed by atoms with Crippen molar-refractivity contribution in [3.05, 3.63) is 0 Å². The molecule has 0 aromatic heterocycles. The molecule has 0 aliphatic carbocycles. The molecule has 3 nitrogen and oxygen atoms in total. The normalized spacial score (nSPS) is 13.9. The van der Waals surface area contributed by atoms with Gasteiger partial charge < -0.3 is 9.84 Å². The van der Waals surface area contributed by atoms with E-state index in [1.165, 1.54) is 0 Å². The van der Waals surface area contributed by atoms with Crippen molar-refractivity contribution in [3.63, 3.8) is 0 Å². The SMILES string of the molecule is CC(OC(=O)CCCO)[Si](C)(C)C. The quantitative estimate of drug-likeness (QED) is 0.546. The summed E-state index contributed by atoms with van der Waals surface area (Å²) in [6, 6.07) is 0. The molecule has 0 spiro atoms. The summed E-state index contributed by atoms with van der Waals surface area (Å²) in [5.41, 5.74) is 0.0543. The van der Waals surface area contributed by atoms with Crippen LogP contribution in [0.1, 0.15) is 19.8 Å². The monoisotopic (exact) mass is 204 g/mol. The summed E-state index contributed by atoms with van der Waals surface area (Å²) in [6.07, 6.45) is 0.822. The Morgan fingerprint density at radius 2 is 2.00 bits per heavy atom. The summed E-state index contributed by atoms with van der Waals surface area (Å²) in [5, 5.41) is 8.51. The van der Waals surface area contributed by atoms with Crippen LogP contribution in [0.15, 0.2) is 0 Å². The first-order valence-corrected chi connectivity index (χ1v) is 8.26. The van der Waals surface area contributed by atoms with Crippen molar-refractivity contribution < 1.29 is 14.6 Å². The number of carbonyl (C=O) groups is 1. The number of esters is 1. The Labute approximate surface area is 81.1 Å². The molecule has 0 radical (unpaired) electrons. The Hall–Kier alpha value is -0.353. The molecule has 4 heteroatoms. The Balaban J connectivity index is 3.79. The van der Waals surface area contributed by atoms with Gasteiger partial charge in [0.1, 0.15) is 0 Å². The van der Waals surface area contributed by atoms with E-state index in [2.05, 4.69) is 19.6 Å². The third-order valence-electron chi connectivity index (χ3n) is 2.07. The third kappa shape index (κ3) is 5.82. The van der Waals surface area contributed by atoms with Crippen LogP contribution in [0, 0.1) is 0 Å². The molecule has 1 unspecified atom stereocenters. The molecule has 13 heavy (non-hydrogen) atoms. The lowest BCUT2D eigenvalue weighted by Crippen LogP contribution is -2.39. The maximum Gasteiger partial charge on any atom is 0.305 e. The van der Waals surface area contributed by atoms with Crippen LogP contribution in [0.2, 0.25) is 19.6 Å². The number of ether oxygens (including phenoxy) is 1. The van der Waals surface area contributed by atoms with Crippen LogP contribution in [0.4, 0.5) is 0 Å². The fraction of sp³-hybridized carbons (Fsp3) is 0.889. The van der Waals surface area contributed by atoms with E-state index in [1.807, 2.05) is 6.92 Å². The zero-order valence-corrected chi connectivity index (χ0v) is 9.96. The van der Waals surface area contributed by atoms with Crippen LogP contribution in [0.5, 0.6) is 0 Å². The van der Waals surface area contributed by atoms with Gasteiger partial charge in [-0.25, -0.2) is 0 Å². The van der Waals surface area contributed by atoms with Gasteiger partial charge in [-0.15, -0.1) is 0 Å². The van der Waals surface area contributed by atoms with Gasteiger partial charge in [0.15, 0.2) is 0 Å². The predicted molar refractivity (Wildman–Crippen MR) is 55.2 cm³/mol. The average Bonchev–Trinajstić information content (AvgIpc) is 1.99. The fourth-order valence-corrected chi connectivity index (χ4v) is 1.14. The second-order valence-electron chi connectivity index (χ2n) is 4.33. The van der Waals surface area contributed by atoms with Crippen molar-refractivity contribution in [2.75, 3.05) is 6.61 Å². The van der Waals surface area contributed by atoms with Gasteiger partial charge in [0.2, 0.25) is 0 Å². The van der Waals surface area contributed by atoms with E-state index in [0.29, 0.717) is 12.8 Å². The summed E-state index contributed by atoms with van der Waals surface area (Å²) >= 11 is 0. The zero-order valence-electron chi connectivity index (χ0n) is 8.96. The topological polar surface area (TPSA) is 46.5 Å². The molecule has 0 heterocycles. The minimum Gasteiger partial charge on any atom is -0.467 e. The summed E-state index contributed by atoms with van der Waals surface area (Å²) in [7, 11) is -1.37. The van der Waals surface area contributed by atoms with E-state index in [0.717, 1.165) is 0 Å². The molecule has 1 N–H and O–H groups in total. The van der Waals surface area contributed by atoms with Crippen molar-refractivity contribution in [1.29, 1.82) is 0 Å². The van der Waals surface area contributed by atoms with E-state index in [9.17, 15) is 4.79 Å². The van der Waals surface area contributed by atoms with Gasteiger partial charge in [0.05, 0.1) is 13.8 Å². The highest BCUT2D eigenvalue weighted by molar-refractivity contribution is 6.77. The van der Waals surface area contributed by atoms with Crippen molar-refractivity contribution in [1.82, 2.24) is 0 Å². The minimum atomic E-state index is -1.37. The van der Waals surface area contributed by atoms with E-state index >= 15 is 0 Å². The van der Waals surface area contributed by atoms with E-state index < -0.39 is 8.07 Å². The molecule has 0 fully saturated rings. The van der Waals surface area contributed by atoms with Crippen LogP contribution in [0.3, 0.4) is 0 Å². The lowest BCUT2D eigenvalue weighted by molar-refractivity contribution is -0.145. The number of hydrogen-bond donors (Lipinski definition) is 1. The first kappa shape index (κ1) is 12.6. The Morgan fingerprint density at radius 1 is 1.46 bits per heavy atom. The van der Waals surface area contributed by atoms with E-state index in [-0.39, 0.29) is 18.3 Å². The number of aliphatic hydroxyl groups excluding tert-OH is 1. The molecule has 0 aromatic carbocycles. The molecule has 0 bridgehead atoms. The first-order valence-electron chi connectivity index (χ1n) is 4.68. The highest BCUT2D eigenvalue weighted by Crippen LogP contribution is 2.11. The lowest BCUT2D eigenvalue weighted by atomic mass is 10.3. The molecular weight excluding hydrogens is 184 g/mol. The maximum atomic E-state index is 11.1. The molecule has 0 saturated carbocycles. The van der Waals surface area contributed by atoms with Crippen molar-refractivity contribution in [2.45, 2.75) is 45.1 Å². The molecule has 0 aliphatic rings. The van der Waals surface area contributed by atoms with E-state index in [1.54, 1.807) is 0 Å². The Morgan fingerprint density at radius 3 is 2.38 bits per heavy atom. The van der Waals surface area contributed by atoms with E-state index in [4.69, 9.17) is 9.84 Å². The number of rotatable bonds is 5. The van der Waals surface area contributed by atoms with Crippen molar-refractivity contribution in [3.8, 4) is 0 Å². The van der Waals surface area contributed by atoms with Gasteiger partial charge in [-0.05, 0) is 13.3 Å². The molecule has 0 amide bonds. The number of carbonyl (C=O) groups excluding carboxylic acids is 1. The smallest absolute Gasteiger partial charge is 0.305 e. The first-order chi connectivity index (χ1) is 5.88. The zero-order chi connectivity index (χ0) is 10.5.